The lowest BCUT2D eigenvalue weighted by Gasteiger charge is -2.00. The van der Waals surface area contributed by atoms with E-state index < -0.39 is 5.97 Å². The van der Waals surface area contributed by atoms with E-state index in [1.807, 2.05) is 42.5 Å². The topological polar surface area (TPSA) is 98.6 Å². The van der Waals surface area contributed by atoms with Crippen molar-refractivity contribution >= 4 is 12.3 Å². The molecular formula is C16H19NO4. The Balaban J connectivity index is 0.000000495. The van der Waals surface area contributed by atoms with E-state index >= 15 is 0 Å². The van der Waals surface area contributed by atoms with E-state index in [0.29, 0.717) is 5.56 Å². The van der Waals surface area contributed by atoms with Crippen LogP contribution in [0.15, 0.2) is 54.6 Å². The highest BCUT2D eigenvalue weighted by Crippen LogP contribution is 2.18. The minimum absolute atomic E-state index is 0. The van der Waals surface area contributed by atoms with Crippen LogP contribution in [0.3, 0.4) is 0 Å². The number of carbonyl (C=O) groups excluding carboxylic acids is 1. The number of aliphatic carboxylic acids is 1. The summed E-state index contributed by atoms with van der Waals surface area (Å²) in [5.74, 6) is -0.933. The van der Waals surface area contributed by atoms with Gasteiger partial charge >= 0.3 is 5.97 Å². The van der Waals surface area contributed by atoms with Crippen LogP contribution in [0.5, 0.6) is 0 Å². The van der Waals surface area contributed by atoms with E-state index in [4.69, 9.17) is 5.11 Å². The summed E-state index contributed by atoms with van der Waals surface area (Å²) in [4.78, 5) is 19.9. The minimum atomic E-state index is -0.933. The first-order valence-corrected chi connectivity index (χ1v) is 5.98. The van der Waals surface area contributed by atoms with Gasteiger partial charge in [0.1, 0.15) is 12.9 Å². The summed E-state index contributed by atoms with van der Waals surface area (Å²) in [5, 5.41) is 7.79. The van der Waals surface area contributed by atoms with E-state index in [2.05, 4.69) is 16.9 Å². The molecule has 0 atom stereocenters. The number of carboxylic acid groups (broad SMARTS) is 1. The van der Waals surface area contributed by atoms with Crippen LogP contribution in [-0.4, -0.2) is 31.1 Å². The standard InChI is InChI=1S/C13H10O.C3H6O3.H3N/c14-10-11-6-8-13(9-7-11)12-4-2-1-3-5-12;1-6-2-3(4)5;/h1-10H;2H2,1H3,(H,4,5);1H3. The van der Waals surface area contributed by atoms with Crippen LogP contribution in [0.4, 0.5) is 0 Å². The molecule has 0 aliphatic rings. The van der Waals surface area contributed by atoms with Gasteiger partial charge < -0.3 is 16.0 Å². The monoisotopic (exact) mass is 289 g/mol. The number of hydrogen-bond donors (Lipinski definition) is 2. The molecule has 0 unspecified atom stereocenters. The van der Waals surface area contributed by atoms with Crippen LogP contribution >= 0.6 is 0 Å². The Bertz CT molecular complexity index is 538. The lowest BCUT2D eigenvalue weighted by molar-refractivity contribution is -0.141. The molecule has 0 spiro atoms. The molecule has 0 saturated carbocycles. The van der Waals surface area contributed by atoms with E-state index in [1.54, 1.807) is 0 Å². The van der Waals surface area contributed by atoms with E-state index in [-0.39, 0.29) is 12.8 Å². The maximum Gasteiger partial charge on any atom is 0.329 e. The average molecular weight is 289 g/mol. The zero-order valence-corrected chi connectivity index (χ0v) is 11.9. The first-order valence-electron chi connectivity index (χ1n) is 5.98. The summed E-state index contributed by atoms with van der Waals surface area (Å²) < 4.78 is 4.20. The van der Waals surface area contributed by atoms with Crippen molar-refractivity contribution in [3.05, 3.63) is 60.2 Å². The molecule has 112 valence electrons. The number of carbonyl (C=O) groups is 2. The van der Waals surface area contributed by atoms with Crippen LogP contribution in [0, 0.1) is 0 Å². The molecule has 0 bridgehead atoms. The van der Waals surface area contributed by atoms with E-state index in [0.717, 1.165) is 11.8 Å². The van der Waals surface area contributed by atoms with E-state index in [9.17, 15) is 9.59 Å². The number of hydrogen-bond acceptors (Lipinski definition) is 4. The molecule has 0 aliphatic carbocycles. The lowest BCUT2D eigenvalue weighted by atomic mass is 10.0. The fourth-order valence-electron chi connectivity index (χ4n) is 1.51. The van der Waals surface area contributed by atoms with Gasteiger partial charge in [-0.2, -0.15) is 0 Å². The summed E-state index contributed by atoms with van der Waals surface area (Å²) in [6.07, 6.45) is 0.856. The first-order chi connectivity index (χ1) is 9.67. The summed E-state index contributed by atoms with van der Waals surface area (Å²) in [5.41, 5.74) is 3.02. The third-order valence-corrected chi connectivity index (χ3v) is 2.42. The fraction of sp³-hybridized carbons (Fsp3) is 0.125. The number of benzene rings is 2. The number of aldehydes is 1. The molecule has 2 aromatic rings. The second-order valence-corrected chi connectivity index (χ2v) is 3.93. The highest BCUT2D eigenvalue weighted by molar-refractivity contribution is 5.76. The highest BCUT2D eigenvalue weighted by atomic mass is 16.5. The van der Waals surface area contributed by atoms with Gasteiger partial charge in [-0.05, 0) is 11.1 Å². The Morgan fingerprint density at radius 1 is 1.05 bits per heavy atom. The molecule has 2 aromatic carbocycles. The first kappa shape index (κ1) is 18.5. The van der Waals surface area contributed by atoms with Gasteiger partial charge in [0, 0.05) is 12.7 Å². The van der Waals surface area contributed by atoms with Crippen molar-refractivity contribution in [1.29, 1.82) is 0 Å². The molecule has 0 amide bonds. The average Bonchev–Trinajstić information content (AvgIpc) is 2.49. The van der Waals surface area contributed by atoms with Crippen molar-refractivity contribution < 1.29 is 19.4 Å². The number of ether oxygens (including phenoxy) is 1. The smallest absolute Gasteiger partial charge is 0.329 e. The molecule has 5 nitrogen and oxygen atoms in total. The molecule has 0 fully saturated rings. The van der Waals surface area contributed by atoms with Gasteiger partial charge in [0.2, 0.25) is 0 Å². The summed E-state index contributed by atoms with van der Waals surface area (Å²) >= 11 is 0. The van der Waals surface area contributed by atoms with Crippen LogP contribution in [0.25, 0.3) is 11.1 Å². The van der Waals surface area contributed by atoms with Gasteiger partial charge in [0.15, 0.2) is 0 Å². The normalized spacial score (nSPS) is 8.81. The summed E-state index contributed by atoms with van der Waals surface area (Å²) in [6.45, 7) is -0.208. The van der Waals surface area contributed by atoms with Crippen molar-refractivity contribution in [3.63, 3.8) is 0 Å². The Morgan fingerprint density at radius 3 is 1.95 bits per heavy atom. The molecule has 0 aliphatic heterocycles. The number of carboxylic acids is 1. The quantitative estimate of drug-likeness (QED) is 0.843. The van der Waals surface area contributed by atoms with Crippen molar-refractivity contribution in [2.45, 2.75) is 0 Å². The van der Waals surface area contributed by atoms with Crippen molar-refractivity contribution in [1.82, 2.24) is 6.15 Å². The maximum atomic E-state index is 10.5. The predicted octanol–water partition coefficient (Wildman–Crippen LogP) is 3.05. The molecule has 5 heteroatoms. The van der Waals surface area contributed by atoms with Crippen molar-refractivity contribution in [2.75, 3.05) is 13.7 Å². The molecule has 0 heterocycles. The van der Waals surface area contributed by atoms with Crippen molar-refractivity contribution in [3.8, 4) is 11.1 Å². The third-order valence-electron chi connectivity index (χ3n) is 2.42. The van der Waals surface area contributed by atoms with Crippen LogP contribution < -0.4 is 6.15 Å². The van der Waals surface area contributed by atoms with Gasteiger partial charge in [-0.25, -0.2) is 4.79 Å². The van der Waals surface area contributed by atoms with Crippen molar-refractivity contribution in [2.24, 2.45) is 0 Å². The van der Waals surface area contributed by atoms with Gasteiger partial charge in [-0.3, -0.25) is 4.79 Å². The molecule has 0 saturated heterocycles. The zero-order chi connectivity index (χ0) is 14.8. The second kappa shape index (κ2) is 10.3. The summed E-state index contributed by atoms with van der Waals surface area (Å²) in [7, 11) is 1.34. The molecule has 2 rings (SSSR count). The molecular weight excluding hydrogens is 270 g/mol. The minimum Gasteiger partial charge on any atom is -0.480 e. The molecule has 0 aromatic heterocycles. The second-order valence-electron chi connectivity index (χ2n) is 3.93. The Morgan fingerprint density at radius 2 is 1.57 bits per heavy atom. The highest BCUT2D eigenvalue weighted by Gasteiger charge is 1.95. The summed E-state index contributed by atoms with van der Waals surface area (Å²) in [6, 6.07) is 17.7. The third kappa shape index (κ3) is 7.00. The number of rotatable bonds is 4. The Labute approximate surface area is 123 Å². The number of methoxy groups -OCH3 is 1. The molecule has 4 N–H and O–H groups in total. The predicted molar refractivity (Wildman–Crippen MR) is 81.8 cm³/mol. The Kier molecular flexibility index (Phi) is 9.08. The molecule has 21 heavy (non-hydrogen) atoms. The largest absolute Gasteiger partial charge is 0.480 e. The Hall–Kier alpha value is -2.50. The van der Waals surface area contributed by atoms with Crippen LogP contribution in [0.1, 0.15) is 10.4 Å². The van der Waals surface area contributed by atoms with Crippen LogP contribution in [-0.2, 0) is 9.53 Å². The molecule has 0 radical (unpaired) electrons. The lowest BCUT2D eigenvalue weighted by Crippen LogP contribution is -2.02. The van der Waals surface area contributed by atoms with Gasteiger partial charge in [0.05, 0.1) is 0 Å². The van der Waals surface area contributed by atoms with Gasteiger partial charge in [-0.1, -0.05) is 54.6 Å². The fourth-order valence-corrected chi connectivity index (χ4v) is 1.51. The van der Waals surface area contributed by atoms with E-state index in [1.165, 1.54) is 12.7 Å². The maximum absolute atomic E-state index is 10.5. The van der Waals surface area contributed by atoms with Gasteiger partial charge in [-0.15, -0.1) is 0 Å². The van der Waals surface area contributed by atoms with Crippen LogP contribution in [0.2, 0.25) is 0 Å². The SMILES string of the molecule is COCC(=O)O.N.O=Cc1ccc(-c2ccccc2)cc1. The van der Waals surface area contributed by atoms with Gasteiger partial charge in [0.25, 0.3) is 0 Å². The zero-order valence-electron chi connectivity index (χ0n) is 11.9.